The Kier molecular flexibility index (Phi) is 4.96. The number of ketones is 1. The van der Waals surface area contributed by atoms with Crippen LogP contribution in [0.15, 0.2) is 84.7 Å². The van der Waals surface area contributed by atoms with Gasteiger partial charge in [0.2, 0.25) is 0 Å². The number of nitrogens with zero attached hydrogens (tertiary/aromatic N) is 2. The van der Waals surface area contributed by atoms with E-state index in [9.17, 15) is 14.7 Å². The Morgan fingerprint density at radius 3 is 2.38 bits per heavy atom. The molecule has 0 radical (unpaired) electrons. The summed E-state index contributed by atoms with van der Waals surface area (Å²) in [7, 11) is 0. The monoisotopic (exact) mass is 384 g/mol. The number of aromatic nitrogens is 1. The van der Waals surface area contributed by atoms with Crippen molar-refractivity contribution in [2.24, 2.45) is 0 Å². The molecule has 29 heavy (non-hydrogen) atoms. The highest BCUT2D eigenvalue weighted by Crippen LogP contribution is 2.39. The maximum Gasteiger partial charge on any atom is 0.295 e. The summed E-state index contributed by atoms with van der Waals surface area (Å²) in [6.07, 6.45) is 3.25. The summed E-state index contributed by atoms with van der Waals surface area (Å²) in [5, 5.41) is 11.0. The second-order valence-corrected chi connectivity index (χ2v) is 7.06. The Hall–Kier alpha value is -3.73. The van der Waals surface area contributed by atoms with Gasteiger partial charge >= 0.3 is 0 Å². The minimum Gasteiger partial charge on any atom is -0.507 e. The maximum absolute atomic E-state index is 12.9. The van der Waals surface area contributed by atoms with E-state index in [0.717, 1.165) is 11.1 Å². The number of rotatable bonds is 4. The van der Waals surface area contributed by atoms with Crippen molar-refractivity contribution in [3.63, 3.8) is 0 Å². The SMILES string of the molecule is Cc1ccc(C(O)=C2C(=O)C(=O)N(Cc3ccccc3)C2c2cccnc2)cc1. The first kappa shape index (κ1) is 18.6. The lowest BCUT2D eigenvalue weighted by atomic mass is 9.96. The van der Waals surface area contributed by atoms with Crippen LogP contribution < -0.4 is 0 Å². The molecule has 4 rings (SSSR count). The van der Waals surface area contributed by atoms with Crippen LogP contribution in [0.5, 0.6) is 0 Å². The highest BCUT2D eigenvalue weighted by atomic mass is 16.3. The third-order valence-corrected chi connectivity index (χ3v) is 5.06. The minimum absolute atomic E-state index is 0.0859. The molecule has 1 unspecified atom stereocenters. The van der Waals surface area contributed by atoms with E-state index in [1.165, 1.54) is 4.90 Å². The van der Waals surface area contributed by atoms with Gasteiger partial charge in [0, 0.05) is 24.5 Å². The molecule has 0 saturated carbocycles. The molecular formula is C24H20N2O3. The number of benzene rings is 2. The summed E-state index contributed by atoms with van der Waals surface area (Å²) in [5.74, 6) is -1.49. The van der Waals surface area contributed by atoms with Gasteiger partial charge in [-0.2, -0.15) is 0 Å². The van der Waals surface area contributed by atoms with E-state index < -0.39 is 17.7 Å². The normalized spacial score (nSPS) is 18.2. The van der Waals surface area contributed by atoms with Gasteiger partial charge in [-0.05, 0) is 24.1 Å². The van der Waals surface area contributed by atoms with Gasteiger partial charge in [-0.15, -0.1) is 0 Å². The molecule has 1 fully saturated rings. The van der Waals surface area contributed by atoms with Gasteiger partial charge in [-0.25, -0.2) is 0 Å². The van der Waals surface area contributed by atoms with Crippen molar-refractivity contribution < 1.29 is 14.7 Å². The van der Waals surface area contributed by atoms with Crippen molar-refractivity contribution in [3.05, 3.63) is 107 Å². The second-order valence-electron chi connectivity index (χ2n) is 7.06. The van der Waals surface area contributed by atoms with E-state index >= 15 is 0 Å². The fourth-order valence-corrected chi connectivity index (χ4v) is 3.57. The lowest BCUT2D eigenvalue weighted by Crippen LogP contribution is -2.29. The molecule has 2 aromatic carbocycles. The lowest BCUT2D eigenvalue weighted by molar-refractivity contribution is -0.140. The first-order chi connectivity index (χ1) is 14.1. The van der Waals surface area contributed by atoms with Gasteiger partial charge in [0.1, 0.15) is 5.76 Å². The fourth-order valence-electron chi connectivity index (χ4n) is 3.57. The number of likely N-dealkylation sites (tertiary alicyclic amines) is 1. The average Bonchev–Trinajstić information content (AvgIpc) is 3.00. The zero-order valence-electron chi connectivity index (χ0n) is 15.9. The van der Waals surface area contributed by atoms with Crippen LogP contribution in [-0.4, -0.2) is 26.7 Å². The number of hydrogen-bond acceptors (Lipinski definition) is 4. The fraction of sp³-hybridized carbons (Fsp3) is 0.125. The van der Waals surface area contributed by atoms with Gasteiger partial charge in [0.25, 0.3) is 11.7 Å². The number of hydrogen-bond donors (Lipinski definition) is 1. The highest BCUT2D eigenvalue weighted by Gasteiger charge is 2.46. The van der Waals surface area contributed by atoms with Crippen LogP contribution in [0.3, 0.4) is 0 Å². The quantitative estimate of drug-likeness (QED) is 0.419. The first-order valence-corrected chi connectivity index (χ1v) is 9.35. The Bertz CT molecular complexity index is 1070. The van der Waals surface area contributed by atoms with E-state index in [2.05, 4.69) is 4.98 Å². The predicted octanol–water partition coefficient (Wildman–Crippen LogP) is 4.01. The van der Waals surface area contributed by atoms with Gasteiger partial charge in [-0.3, -0.25) is 14.6 Å². The van der Waals surface area contributed by atoms with Crippen LogP contribution in [0.2, 0.25) is 0 Å². The van der Waals surface area contributed by atoms with E-state index in [1.54, 1.807) is 30.6 Å². The minimum atomic E-state index is -0.704. The van der Waals surface area contributed by atoms with Gasteiger partial charge in [-0.1, -0.05) is 66.2 Å². The molecule has 5 heteroatoms. The molecule has 0 spiro atoms. The van der Waals surface area contributed by atoms with Crippen molar-refractivity contribution in [3.8, 4) is 0 Å². The molecule has 1 aliphatic rings. The van der Waals surface area contributed by atoms with Crippen LogP contribution in [0.25, 0.3) is 5.76 Å². The number of aryl methyl sites for hydroxylation is 1. The van der Waals surface area contributed by atoms with Crippen LogP contribution in [-0.2, 0) is 16.1 Å². The van der Waals surface area contributed by atoms with Crippen molar-refractivity contribution >= 4 is 17.4 Å². The molecule has 5 nitrogen and oxygen atoms in total. The third kappa shape index (κ3) is 3.55. The summed E-state index contributed by atoms with van der Waals surface area (Å²) < 4.78 is 0. The predicted molar refractivity (Wildman–Crippen MR) is 110 cm³/mol. The summed E-state index contributed by atoms with van der Waals surface area (Å²) in [6, 6.07) is 19.5. The van der Waals surface area contributed by atoms with Crippen molar-refractivity contribution in [2.75, 3.05) is 0 Å². The Balaban J connectivity index is 1.85. The summed E-state index contributed by atoms with van der Waals surface area (Å²) in [5.41, 5.74) is 3.20. The number of Topliss-reactive ketones (excluding diaryl/α,β-unsaturated/α-hetero) is 1. The molecule has 144 valence electrons. The molecule has 1 amide bonds. The zero-order valence-corrected chi connectivity index (χ0v) is 15.9. The standard InChI is InChI=1S/C24H20N2O3/c1-16-9-11-18(12-10-16)22(27)20-21(19-8-5-13-25-14-19)26(24(29)23(20)28)15-17-6-3-2-4-7-17/h2-14,21,27H,15H2,1H3. The molecule has 1 saturated heterocycles. The molecule has 0 aliphatic carbocycles. The highest BCUT2D eigenvalue weighted by molar-refractivity contribution is 6.46. The molecule has 0 bridgehead atoms. The molecule has 1 aromatic heterocycles. The van der Waals surface area contributed by atoms with Gasteiger partial charge < -0.3 is 10.0 Å². The van der Waals surface area contributed by atoms with E-state index in [4.69, 9.17) is 0 Å². The van der Waals surface area contributed by atoms with E-state index in [-0.39, 0.29) is 17.9 Å². The average molecular weight is 384 g/mol. The summed E-state index contributed by atoms with van der Waals surface area (Å²) >= 11 is 0. The largest absolute Gasteiger partial charge is 0.507 e. The smallest absolute Gasteiger partial charge is 0.295 e. The van der Waals surface area contributed by atoms with Crippen LogP contribution >= 0.6 is 0 Å². The first-order valence-electron chi connectivity index (χ1n) is 9.35. The zero-order chi connectivity index (χ0) is 20.4. The Morgan fingerprint density at radius 1 is 1.00 bits per heavy atom. The summed E-state index contributed by atoms with van der Waals surface area (Å²) in [6.45, 7) is 2.20. The van der Waals surface area contributed by atoms with Crippen LogP contribution in [0.1, 0.15) is 28.3 Å². The van der Waals surface area contributed by atoms with E-state index in [0.29, 0.717) is 11.1 Å². The van der Waals surface area contributed by atoms with Gasteiger partial charge in [0.05, 0.1) is 11.6 Å². The third-order valence-electron chi connectivity index (χ3n) is 5.06. The number of pyridine rings is 1. The van der Waals surface area contributed by atoms with E-state index in [1.807, 2.05) is 55.5 Å². The van der Waals surface area contributed by atoms with Crippen molar-refractivity contribution in [1.82, 2.24) is 9.88 Å². The van der Waals surface area contributed by atoms with Crippen molar-refractivity contribution in [1.29, 1.82) is 0 Å². The summed E-state index contributed by atoms with van der Waals surface area (Å²) in [4.78, 5) is 31.5. The number of carbonyl (C=O) groups is 2. The van der Waals surface area contributed by atoms with Crippen LogP contribution in [0, 0.1) is 6.92 Å². The van der Waals surface area contributed by atoms with Gasteiger partial charge in [0.15, 0.2) is 0 Å². The molecule has 3 aromatic rings. The molecule has 1 atom stereocenters. The Morgan fingerprint density at radius 2 is 1.72 bits per heavy atom. The lowest BCUT2D eigenvalue weighted by Gasteiger charge is -2.25. The topological polar surface area (TPSA) is 70.5 Å². The van der Waals surface area contributed by atoms with Crippen molar-refractivity contribution in [2.45, 2.75) is 19.5 Å². The number of aliphatic hydroxyl groups is 1. The molecule has 1 N–H and O–H groups in total. The number of aliphatic hydroxyl groups excluding tert-OH is 1. The van der Waals surface area contributed by atoms with Crippen LogP contribution in [0.4, 0.5) is 0 Å². The molecule has 2 heterocycles. The number of carbonyl (C=O) groups excluding carboxylic acids is 2. The molecule has 1 aliphatic heterocycles. The number of amides is 1. The Labute approximate surface area is 169 Å². The maximum atomic E-state index is 12.9. The second kappa shape index (κ2) is 7.72. The molecular weight excluding hydrogens is 364 g/mol.